The lowest BCUT2D eigenvalue weighted by atomic mass is 10.2. The molecule has 0 aliphatic heterocycles. The van der Waals surface area contributed by atoms with Crippen molar-refractivity contribution in [3.05, 3.63) is 30.1 Å². The fourth-order valence-corrected chi connectivity index (χ4v) is 1.21. The summed E-state index contributed by atoms with van der Waals surface area (Å²) in [7, 11) is 0. The van der Waals surface area contributed by atoms with E-state index in [0.29, 0.717) is 6.54 Å². The fraction of sp³-hybridized carbons (Fsp3) is 0.545. The quantitative estimate of drug-likeness (QED) is 0.667. The molecule has 0 radical (unpaired) electrons. The van der Waals surface area contributed by atoms with E-state index in [1.165, 1.54) is 5.56 Å². The van der Waals surface area contributed by atoms with Gasteiger partial charge in [-0.05, 0) is 37.4 Å². The van der Waals surface area contributed by atoms with Crippen molar-refractivity contribution in [2.24, 2.45) is 5.73 Å². The van der Waals surface area contributed by atoms with E-state index < -0.39 is 0 Å². The lowest BCUT2D eigenvalue weighted by molar-refractivity contribution is 0.131. The standard InChI is InChI=1S/C11H18N2O/c12-6-3-9-14-8-2-5-11-4-1-7-13-10-11/h1,4,7,10H,2-3,5-6,8-9,12H2. The number of pyridine rings is 1. The second-order valence-electron chi connectivity index (χ2n) is 3.22. The van der Waals surface area contributed by atoms with Crippen LogP contribution < -0.4 is 5.73 Å². The third-order valence-electron chi connectivity index (χ3n) is 1.97. The summed E-state index contributed by atoms with van der Waals surface area (Å²) in [5.41, 5.74) is 6.62. The molecule has 0 spiro atoms. The molecule has 0 aliphatic rings. The molecule has 3 heteroatoms. The van der Waals surface area contributed by atoms with Crippen LogP contribution in [-0.2, 0) is 11.2 Å². The molecule has 1 aromatic rings. The molecule has 2 N–H and O–H groups in total. The second kappa shape index (κ2) is 7.47. The van der Waals surface area contributed by atoms with Crippen LogP contribution in [0.25, 0.3) is 0 Å². The molecule has 0 fully saturated rings. The first kappa shape index (κ1) is 11.1. The Bertz CT molecular complexity index is 226. The van der Waals surface area contributed by atoms with Crippen LogP contribution in [0, 0.1) is 0 Å². The van der Waals surface area contributed by atoms with Gasteiger partial charge in [0.15, 0.2) is 0 Å². The molecule has 1 heterocycles. The van der Waals surface area contributed by atoms with Crippen LogP contribution in [0.4, 0.5) is 0 Å². The third-order valence-corrected chi connectivity index (χ3v) is 1.97. The average Bonchev–Trinajstić information content (AvgIpc) is 2.25. The molecule has 1 rings (SSSR count). The Hall–Kier alpha value is -0.930. The maximum atomic E-state index is 5.40. The number of nitrogens with two attached hydrogens (primary N) is 1. The Balaban J connectivity index is 1.99. The van der Waals surface area contributed by atoms with Crippen LogP contribution in [0.5, 0.6) is 0 Å². The second-order valence-corrected chi connectivity index (χ2v) is 3.22. The molecule has 1 aromatic heterocycles. The third kappa shape index (κ3) is 4.94. The molecule has 14 heavy (non-hydrogen) atoms. The fourth-order valence-electron chi connectivity index (χ4n) is 1.21. The van der Waals surface area contributed by atoms with Crippen molar-refractivity contribution in [2.45, 2.75) is 19.3 Å². The van der Waals surface area contributed by atoms with Gasteiger partial charge in [-0.25, -0.2) is 0 Å². The Morgan fingerprint density at radius 1 is 1.29 bits per heavy atom. The topological polar surface area (TPSA) is 48.1 Å². The molecule has 0 amide bonds. The van der Waals surface area contributed by atoms with E-state index in [1.807, 2.05) is 12.3 Å². The zero-order chi connectivity index (χ0) is 10.1. The Morgan fingerprint density at radius 2 is 2.14 bits per heavy atom. The zero-order valence-electron chi connectivity index (χ0n) is 8.48. The van der Waals surface area contributed by atoms with E-state index in [0.717, 1.165) is 32.5 Å². The highest BCUT2D eigenvalue weighted by molar-refractivity contribution is 5.08. The summed E-state index contributed by atoms with van der Waals surface area (Å²) >= 11 is 0. The molecular weight excluding hydrogens is 176 g/mol. The number of aryl methyl sites for hydroxylation is 1. The number of nitrogens with zero attached hydrogens (tertiary/aromatic N) is 1. The largest absolute Gasteiger partial charge is 0.381 e. The van der Waals surface area contributed by atoms with Crippen LogP contribution in [0.15, 0.2) is 24.5 Å². The Kier molecular flexibility index (Phi) is 5.95. The monoisotopic (exact) mass is 194 g/mol. The van der Waals surface area contributed by atoms with Crippen molar-refractivity contribution in [1.29, 1.82) is 0 Å². The summed E-state index contributed by atoms with van der Waals surface area (Å²) in [6.45, 7) is 2.31. The van der Waals surface area contributed by atoms with Gasteiger partial charge in [0.05, 0.1) is 0 Å². The minimum Gasteiger partial charge on any atom is -0.381 e. The molecule has 78 valence electrons. The van der Waals surface area contributed by atoms with Gasteiger partial charge >= 0.3 is 0 Å². The maximum Gasteiger partial charge on any atom is 0.0478 e. The highest BCUT2D eigenvalue weighted by Gasteiger charge is 1.92. The zero-order valence-corrected chi connectivity index (χ0v) is 8.48. The highest BCUT2D eigenvalue weighted by atomic mass is 16.5. The first-order chi connectivity index (χ1) is 6.93. The van der Waals surface area contributed by atoms with Crippen LogP contribution in [0.3, 0.4) is 0 Å². The van der Waals surface area contributed by atoms with Gasteiger partial charge in [-0.2, -0.15) is 0 Å². The summed E-state index contributed by atoms with van der Waals surface area (Å²) in [4.78, 5) is 4.06. The SMILES string of the molecule is NCCCOCCCc1cccnc1. The number of rotatable bonds is 7. The van der Waals surface area contributed by atoms with Gasteiger partial charge in [0.1, 0.15) is 0 Å². The molecule has 0 saturated carbocycles. The summed E-state index contributed by atoms with van der Waals surface area (Å²) in [6, 6.07) is 4.05. The number of hydrogen-bond donors (Lipinski definition) is 1. The minimum absolute atomic E-state index is 0.711. The Labute approximate surface area is 85.3 Å². The first-order valence-corrected chi connectivity index (χ1v) is 5.10. The highest BCUT2D eigenvalue weighted by Crippen LogP contribution is 2.00. The van der Waals surface area contributed by atoms with E-state index in [-0.39, 0.29) is 0 Å². The van der Waals surface area contributed by atoms with Crippen molar-refractivity contribution < 1.29 is 4.74 Å². The van der Waals surface area contributed by atoms with E-state index in [9.17, 15) is 0 Å². The molecular formula is C11H18N2O. The molecule has 0 bridgehead atoms. The summed E-state index contributed by atoms with van der Waals surface area (Å²) in [6.07, 6.45) is 6.74. The predicted octanol–water partition coefficient (Wildman–Crippen LogP) is 1.38. The van der Waals surface area contributed by atoms with E-state index in [4.69, 9.17) is 10.5 Å². The minimum atomic E-state index is 0.711. The molecule has 0 aromatic carbocycles. The Morgan fingerprint density at radius 3 is 2.86 bits per heavy atom. The van der Waals surface area contributed by atoms with Crippen LogP contribution in [-0.4, -0.2) is 24.7 Å². The first-order valence-electron chi connectivity index (χ1n) is 5.10. The van der Waals surface area contributed by atoms with Gasteiger partial charge in [0.25, 0.3) is 0 Å². The summed E-state index contributed by atoms with van der Waals surface area (Å²) in [5.74, 6) is 0. The van der Waals surface area contributed by atoms with Gasteiger partial charge in [-0.15, -0.1) is 0 Å². The van der Waals surface area contributed by atoms with E-state index in [2.05, 4.69) is 11.1 Å². The molecule has 0 atom stereocenters. The predicted molar refractivity (Wildman–Crippen MR) is 57.0 cm³/mol. The summed E-state index contributed by atoms with van der Waals surface area (Å²) < 4.78 is 5.40. The van der Waals surface area contributed by atoms with Crippen molar-refractivity contribution >= 4 is 0 Å². The normalized spacial score (nSPS) is 10.4. The van der Waals surface area contributed by atoms with Crippen molar-refractivity contribution in [2.75, 3.05) is 19.8 Å². The van der Waals surface area contributed by atoms with Crippen molar-refractivity contribution in [3.63, 3.8) is 0 Å². The van der Waals surface area contributed by atoms with Gasteiger partial charge in [0, 0.05) is 25.6 Å². The van der Waals surface area contributed by atoms with Crippen LogP contribution >= 0.6 is 0 Å². The number of hydrogen-bond acceptors (Lipinski definition) is 3. The molecule has 0 unspecified atom stereocenters. The average molecular weight is 194 g/mol. The van der Waals surface area contributed by atoms with E-state index >= 15 is 0 Å². The van der Waals surface area contributed by atoms with Crippen LogP contribution in [0.1, 0.15) is 18.4 Å². The number of ether oxygens (including phenoxy) is 1. The smallest absolute Gasteiger partial charge is 0.0478 e. The number of aromatic nitrogens is 1. The lowest BCUT2D eigenvalue weighted by Gasteiger charge is -2.02. The van der Waals surface area contributed by atoms with Gasteiger partial charge in [0.2, 0.25) is 0 Å². The van der Waals surface area contributed by atoms with Gasteiger partial charge in [-0.1, -0.05) is 6.07 Å². The van der Waals surface area contributed by atoms with Gasteiger partial charge < -0.3 is 10.5 Å². The summed E-state index contributed by atoms with van der Waals surface area (Å²) in [5, 5.41) is 0. The van der Waals surface area contributed by atoms with Crippen molar-refractivity contribution in [3.8, 4) is 0 Å². The molecule has 3 nitrogen and oxygen atoms in total. The molecule has 0 saturated heterocycles. The lowest BCUT2D eigenvalue weighted by Crippen LogP contribution is -2.05. The van der Waals surface area contributed by atoms with Crippen molar-refractivity contribution in [1.82, 2.24) is 4.98 Å². The van der Waals surface area contributed by atoms with E-state index in [1.54, 1.807) is 6.20 Å². The van der Waals surface area contributed by atoms with Gasteiger partial charge in [-0.3, -0.25) is 4.98 Å². The molecule has 0 aliphatic carbocycles. The van der Waals surface area contributed by atoms with Crippen LogP contribution in [0.2, 0.25) is 0 Å². The maximum absolute atomic E-state index is 5.40.